The first-order valence-corrected chi connectivity index (χ1v) is 7.53. The van der Waals surface area contributed by atoms with Gasteiger partial charge in [0.1, 0.15) is 17.8 Å². The van der Waals surface area contributed by atoms with Gasteiger partial charge < -0.3 is 10.6 Å². The number of amides is 1. The van der Waals surface area contributed by atoms with E-state index in [9.17, 15) is 4.79 Å². The molecule has 0 aliphatic heterocycles. The molecule has 0 saturated heterocycles. The van der Waals surface area contributed by atoms with E-state index in [1.807, 2.05) is 0 Å². The van der Waals surface area contributed by atoms with Crippen molar-refractivity contribution in [2.45, 2.75) is 13.8 Å². The van der Waals surface area contributed by atoms with Crippen molar-refractivity contribution in [2.75, 3.05) is 17.2 Å². The molecule has 2 rings (SSSR count). The standard InChI is InChI=1S/C15H16Cl2N4O/c1-9(2)7-18-14-6-13(19-8-20-14)15(22)21-12-4-10(16)3-11(17)5-12/h3-6,8-9H,7H2,1-2H3,(H,21,22)(H,18,19,20). The fourth-order valence-corrected chi connectivity index (χ4v) is 2.23. The van der Waals surface area contributed by atoms with Crippen LogP contribution < -0.4 is 10.6 Å². The number of nitrogens with zero attached hydrogens (tertiary/aromatic N) is 2. The number of hydrogen-bond acceptors (Lipinski definition) is 4. The third-order valence-electron chi connectivity index (χ3n) is 2.71. The molecule has 7 heteroatoms. The average Bonchev–Trinajstić information content (AvgIpc) is 2.44. The molecule has 1 aromatic carbocycles. The van der Waals surface area contributed by atoms with Gasteiger partial charge in [0.05, 0.1) is 0 Å². The summed E-state index contributed by atoms with van der Waals surface area (Å²) in [4.78, 5) is 20.3. The Kier molecular flexibility index (Phi) is 5.57. The van der Waals surface area contributed by atoms with Gasteiger partial charge in [-0.2, -0.15) is 0 Å². The van der Waals surface area contributed by atoms with E-state index < -0.39 is 0 Å². The van der Waals surface area contributed by atoms with E-state index in [1.54, 1.807) is 24.3 Å². The van der Waals surface area contributed by atoms with Crippen LogP contribution in [0.1, 0.15) is 24.3 Å². The highest BCUT2D eigenvalue weighted by molar-refractivity contribution is 6.35. The van der Waals surface area contributed by atoms with E-state index >= 15 is 0 Å². The van der Waals surface area contributed by atoms with Crippen LogP contribution in [0.15, 0.2) is 30.6 Å². The fourth-order valence-electron chi connectivity index (χ4n) is 1.71. The summed E-state index contributed by atoms with van der Waals surface area (Å²) in [6.07, 6.45) is 1.35. The Labute approximate surface area is 139 Å². The molecular formula is C15H16Cl2N4O. The van der Waals surface area contributed by atoms with E-state index in [1.165, 1.54) is 6.33 Å². The largest absolute Gasteiger partial charge is 0.370 e. The second-order valence-electron chi connectivity index (χ2n) is 5.18. The third-order valence-corrected chi connectivity index (χ3v) is 3.15. The SMILES string of the molecule is CC(C)CNc1cc(C(=O)Nc2cc(Cl)cc(Cl)c2)ncn1. The normalized spacial score (nSPS) is 10.6. The highest BCUT2D eigenvalue weighted by Crippen LogP contribution is 2.22. The van der Waals surface area contributed by atoms with Gasteiger partial charge in [-0.15, -0.1) is 0 Å². The first-order chi connectivity index (χ1) is 10.4. The zero-order valence-corrected chi connectivity index (χ0v) is 13.7. The Morgan fingerprint density at radius 2 is 1.82 bits per heavy atom. The lowest BCUT2D eigenvalue weighted by Crippen LogP contribution is -2.15. The molecule has 0 fully saturated rings. The molecule has 2 N–H and O–H groups in total. The molecule has 1 aromatic heterocycles. The molecule has 5 nitrogen and oxygen atoms in total. The summed E-state index contributed by atoms with van der Waals surface area (Å²) in [6.45, 7) is 4.94. The van der Waals surface area contributed by atoms with Crippen LogP contribution in [-0.4, -0.2) is 22.4 Å². The summed E-state index contributed by atoms with van der Waals surface area (Å²) in [5, 5.41) is 6.75. The number of carbonyl (C=O) groups is 1. The van der Waals surface area contributed by atoms with Crippen molar-refractivity contribution in [1.82, 2.24) is 9.97 Å². The molecule has 0 radical (unpaired) electrons. The van der Waals surface area contributed by atoms with Crippen LogP contribution in [0, 0.1) is 5.92 Å². The quantitative estimate of drug-likeness (QED) is 0.860. The van der Waals surface area contributed by atoms with E-state index in [0.29, 0.717) is 27.5 Å². The molecular weight excluding hydrogens is 323 g/mol. The molecule has 116 valence electrons. The van der Waals surface area contributed by atoms with Gasteiger partial charge in [-0.1, -0.05) is 37.0 Å². The van der Waals surface area contributed by atoms with Gasteiger partial charge in [0, 0.05) is 28.3 Å². The number of hydrogen-bond donors (Lipinski definition) is 2. The lowest BCUT2D eigenvalue weighted by molar-refractivity contribution is 0.102. The molecule has 0 aliphatic carbocycles. The summed E-state index contributed by atoms with van der Waals surface area (Å²) in [7, 11) is 0. The van der Waals surface area contributed by atoms with Crippen LogP contribution in [0.25, 0.3) is 0 Å². The van der Waals surface area contributed by atoms with E-state index in [2.05, 4.69) is 34.4 Å². The van der Waals surface area contributed by atoms with Crippen molar-refractivity contribution >= 4 is 40.6 Å². The topological polar surface area (TPSA) is 66.9 Å². The molecule has 0 aliphatic rings. The molecule has 1 amide bonds. The summed E-state index contributed by atoms with van der Waals surface area (Å²) < 4.78 is 0. The second-order valence-corrected chi connectivity index (χ2v) is 6.05. The number of halogens is 2. The van der Waals surface area contributed by atoms with Crippen LogP contribution in [-0.2, 0) is 0 Å². The second kappa shape index (κ2) is 7.42. The highest BCUT2D eigenvalue weighted by Gasteiger charge is 2.10. The number of rotatable bonds is 5. The minimum absolute atomic E-state index is 0.261. The smallest absolute Gasteiger partial charge is 0.274 e. The predicted octanol–water partition coefficient (Wildman–Crippen LogP) is 4.10. The maximum Gasteiger partial charge on any atom is 0.274 e. The minimum Gasteiger partial charge on any atom is -0.370 e. The first kappa shape index (κ1) is 16.5. The zero-order valence-electron chi connectivity index (χ0n) is 12.2. The predicted molar refractivity (Wildman–Crippen MR) is 89.8 cm³/mol. The lowest BCUT2D eigenvalue weighted by atomic mass is 10.2. The van der Waals surface area contributed by atoms with Gasteiger partial charge in [-0.25, -0.2) is 9.97 Å². The lowest BCUT2D eigenvalue weighted by Gasteiger charge is -2.09. The van der Waals surface area contributed by atoms with Crippen LogP contribution in [0.5, 0.6) is 0 Å². The number of aromatic nitrogens is 2. The molecule has 0 spiro atoms. The molecule has 0 bridgehead atoms. The Morgan fingerprint density at radius 1 is 1.14 bits per heavy atom. The van der Waals surface area contributed by atoms with E-state index in [0.717, 1.165) is 6.54 Å². The van der Waals surface area contributed by atoms with Gasteiger partial charge in [0.25, 0.3) is 5.91 Å². The van der Waals surface area contributed by atoms with Crippen molar-refractivity contribution in [3.63, 3.8) is 0 Å². The van der Waals surface area contributed by atoms with Crippen LogP contribution in [0.4, 0.5) is 11.5 Å². The van der Waals surface area contributed by atoms with E-state index in [4.69, 9.17) is 23.2 Å². The van der Waals surface area contributed by atoms with Crippen molar-refractivity contribution < 1.29 is 4.79 Å². The maximum absolute atomic E-state index is 12.2. The van der Waals surface area contributed by atoms with Gasteiger partial charge in [0.2, 0.25) is 0 Å². The van der Waals surface area contributed by atoms with Crippen molar-refractivity contribution in [3.8, 4) is 0 Å². The molecule has 2 aromatic rings. The Bertz CT molecular complexity index is 656. The Morgan fingerprint density at radius 3 is 2.45 bits per heavy atom. The van der Waals surface area contributed by atoms with Crippen molar-refractivity contribution in [1.29, 1.82) is 0 Å². The monoisotopic (exact) mass is 338 g/mol. The number of nitrogens with one attached hydrogen (secondary N) is 2. The molecule has 0 saturated carbocycles. The van der Waals surface area contributed by atoms with Crippen molar-refractivity contribution in [2.24, 2.45) is 5.92 Å². The summed E-state index contributed by atoms with van der Waals surface area (Å²) >= 11 is 11.8. The van der Waals surface area contributed by atoms with Gasteiger partial charge in [0.15, 0.2) is 0 Å². The number of benzene rings is 1. The zero-order chi connectivity index (χ0) is 16.1. The summed E-state index contributed by atoms with van der Waals surface area (Å²) in [5.74, 6) is 0.729. The maximum atomic E-state index is 12.2. The average molecular weight is 339 g/mol. The third kappa shape index (κ3) is 4.86. The molecule has 0 unspecified atom stereocenters. The molecule has 1 heterocycles. The summed E-state index contributed by atoms with van der Waals surface area (Å²) in [6, 6.07) is 6.43. The summed E-state index contributed by atoms with van der Waals surface area (Å²) in [5.41, 5.74) is 0.773. The fraction of sp³-hybridized carbons (Fsp3) is 0.267. The van der Waals surface area contributed by atoms with Gasteiger partial charge in [-0.3, -0.25) is 4.79 Å². The Hall–Kier alpha value is -1.85. The Balaban J connectivity index is 2.10. The van der Waals surface area contributed by atoms with Gasteiger partial charge in [-0.05, 0) is 24.1 Å². The van der Waals surface area contributed by atoms with Crippen LogP contribution in [0.3, 0.4) is 0 Å². The number of anilines is 2. The highest BCUT2D eigenvalue weighted by atomic mass is 35.5. The van der Waals surface area contributed by atoms with Gasteiger partial charge >= 0.3 is 0 Å². The minimum atomic E-state index is -0.353. The molecule has 0 atom stereocenters. The van der Waals surface area contributed by atoms with Crippen molar-refractivity contribution in [3.05, 3.63) is 46.3 Å². The van der Waals surface area contributed by atoms with Crippen LogP contribution >= 0.6 is 23.2 Å². The first-order valence-electron chi connectivity index (χ1n) is 6.77. The molecule has 22 heavy (non-hydrogen) atoms. The van der Waals surface area contributed by atoms with E-state index in [-0.39, 0.29) is 11.6 Å². The van der Waals surface area contributed by atoms with Crippen LogP contribution in [0.2, 0.25) is 10.0 Å². The number of carbonyl (C=O) groups excluding carboxylic acids is 1.